The van der Waals surface area contributed by atoms with Gasteiger partial charge >= 0.3 is 0 Å². The third kappa shape index (κ3) is 2.48. The van der Waals surface area contributed by atoms with Crippen LogP contribution in [0, 0.1) is 11.8 Å². The first-order chi connectivity index (χ1) is 5.77. The maximum atomic E-state index is 2.49. The van der Waals surface area contributed by atoms with Gasteiger partial charge in [0.25, 0.3) is 0 Å². The number of likely N-dealkylation sites (tertiary alicyclic amines) is 1. The quantitative estimate of drug-likeness (QED) is 0.628. The van der Waals surface area contributed by atoms with Gasteiger partial charge in [0, 0.05) is 6.54 Å². The second-order valence-electron chi connectivity index (χ2n) is 4.27. The van der Waals surface area contributed by atoms with Gasteiger partial charge in [-0.3, -0.25) is 0 Å². The predicted octanol–water partition coefficient (Wildman–Crippen LogP) is 2.76. The van der Waals surface area contributed by atoms with Crippen LogP contribution < -0.4 is 0 Å². The summed E-state index contributed by atoms with van der Waals surface area (Å²) in [6.45, 7) is 7.31. The number of rotatable bonds is 3. The molecule has 72 valence electrons. The molecule has 1 saturated heterocycles. The van der Waals surface area contributed by atoms with Crippen LogP contribution in [0.4, 0.5) is 0 Å². The summed E-state index contributed by atoms with van der Waals surface area (Å²) in [7, 11) is 2.26. The van der Waals surface area contributed by atoms with Crippen LogP contribution in [0.15, 0.2) is 0 Å². The Labute approximate surface area is 77.1 Å². The highest BCUT2D eigenvalue weighted by Crippen LogP contribution is 2.28. The smallest absolute Gasteiger partial charge is 0.000926 e. The third-order valence-electron chi connectivity index (χ3n) is 3.28. The number of nitrogens with zero attached hydrogens (tertiary/aromatic N) is 1. The molecular weight excluding hydrogens is 146 g/mol. The SMILES string of the molecule is CCCC1CN(C)CCC1CC. The molecule has 1 rings (SSSR count). The van der Waals surface area contributed by atoms with E-state index in [9.17, 15) is 0 Å². The van der Waals surface area contributed by atoms with E-state index in [1.807, 2.05) is 0 Å². The molecule has 1 aliphatic rings. The summed E-state index contributed by atoms with van der Waals surface area (Å²) in [5.74, 6) is 2.00. The van der Waals surface area contributed by atoms with E-state index in [0.29, 0.717) is 0 Å². The Morgan fingerprint density at radius 2 is 2.00 bits per heavy atom. The maximum Gasteiger partial charge on any atom is 0.000926 e. The average molecular weight is 169 g/mol. The van der Waals surface area contributed by atoms with E-state index < -0.39 is 0 Å². The minimum Gasteiger partial charge on any atom is -0.306 e. The van der Waals surface area contributed by atoms with Crippen molar-refractivity contribution in [3.05, 3.63) is 0 Å². The molecule has 0 amide bonds. The van der Waals surface area contributed by atoms with E-state index in [-0.39, 0.29) is 0 Å². The van der Waals surface area contributed by atoms with Gasteiger partial charge in [-0.2, -0.15) is 0 Å². The van der Waals surface area contributed by atoms with Crippen LogP contribution in [0.25, 0.3) is 0 Å². The molecule has 0 N–H and O–H groups in total. The first kappa shape index (κ1) is 10.0. The van der Waals surface area contributed by atoms with Gasteiger partial charge in [0.2, 0.25) is 0 Å². The van der Waals surface area contributed by atoms with Crippen molar-refractivity contribution >= 4 is 0 Å². The molecule has 0 bridgehead atoms. The van der Waals surface area contributed by atoms with Crippen molar-refractivity contribution in [1.29, 1.82) is 0 Å². The topological polar surface area (TPSA) is 3.24 Å². The Morgan fingerprint density at radius 1 is 1.25 bits per heavy atom. The van der Waals surface area contributed by atoms with Crippen LogP contribution in [0.3, 0.4) is 0 Å². The highest BCUT2D eigenvalue weighted by Gasteiger charge is 2.24. The van der Waals surface area contributed by atoms with E-state index in [1.165, 1.54) is 38.8 Å². The molecule has 0 saturated carbocycles. The van der Waals surface area contributed by atoms with Crippen LogP contribution in [0.5, 0.6) is 0 Å². The summed E-state index contributed by atoms with van der Waals surface area (Å²) in [6.07, 6.45) is 5.61. The van der Waals surface area contributed by atoms with Crippen LogP contribution in [-0.2, 0) is 0 Å². The van der Waals surface area contributed by atoms with Gasteiger partial charge in [0.1, 0.15) is 0 Å². The van der Waals surface area contributed by atoms with Crippen LogP contribution in [0.2, 0.25) is 0 Å². The van der Waals surface area contributed by atoms with Crippen molar-refractivity contribution < 1.29 is 0 Å². The number of piperidine rings is 1. The fourth-order valence-corrected chi connectivity index (χ4v) is 2.50. The molecule has 0 aromatic heterocycles. The molecule has 0 spiro atoms. The van der Waals surface area contributed by atoms with Crippen molar-refractivity contribution in [1.82, 2.24) is 4.90 Å². The Kier molecular flexibility index (Phi) is 4.07. The second-order valence-corrected chi connectivity index (χ2v) is 4.27. The molecule has 0 radical (unpaired) electrons. The molecule has 12 heavy (non-hydrogen) atoms. The lowest BCUT2D eigenvalue weighted by Gasteiger charge is -2.36. The lowest BCUT2D eigenvalue weighted by atomic mass is 9.81. The predicted molar refractivity (Wildman–Crippen MR) is 54.3 cm³/mol. The fraction of sp³-hybridized carbons (Fsp3) is 1.00. The largest absolute Gasteiger partial charge is 0.306 e. The summed E-state index contributed by atoms with van der Waals surface area (Å²) in [4.78, 5) is 2.49. The summed E-state index contributed by atoms with van der Waals surface area (Å²) in [5, 5.41) is 0. The van der Waals surface area contributed by atoms with Crippen molar-refractivity contribution in [2.24, 2.45) is 11.8 Å². The van der Waals surface area contributed by atoms with Gasteiger partial charge in [-0.05, 0) is 38.3 Å². The Hall–Kier alpha value is -0.0400. The van der Waals surface area contributed by atoms with E-state index in [4.69, 9.17) is 0 Å². The molecule has 1 nitrogen and oxygen atoms in total. The minimum absolute atomic E-state index is 0.985. The maximum absolute atomic E-state index is 2.49. The molecule has 0 aromatic rings. The van der Waals surface area contributed by atoms with Gasteiger partial charge in [0.05, 0.1) is 0 Å². The molecule has 1 heterocycles. The van der Waals surface area contributed by atoms with Crippen LogP contribution in [0.1, 0.15) is 39.5 Å². The molecule has 2 unspecified atom stereocenters. The van der Waals surface area contributed by atoms with Gasteiger partial charge in [-0.15, -0.1) is 0 Å². The Morgan fingerprint density at radius 3 is 2.58 bits per heavy atom. The molecule has 1 fully saturated rings. The zero-order chi connectivity index (χ0) is 8.97. The normalized spacial score (nSPS) is 32.2. The minimum atomic E-state index is 0.985. The molecule has 1 aliphatic heterocycles. The van der Waals surface area contributed by atoms with E-state index >= 15 is 0 Å². The van der Waals surface area contributed by atoms with E-state index in [0.717, 1.165) is 11.8 Å². The van der Waals surface area contributed by atoms with Gasteiger partial charge in [-0.25, -0.2) is 0 Å². The first-order valence-corrected chi connectivity index (χ1v) is 5.46. The standard InChI is InChI=1S/C11H23N/c1-4-6-11-9-12(3)8-7-10(11)5-2/h10-11H,4-9H2,1-3H3. The highest BCUT2D eigenvalue weighted by atomic mass is 15.1. The second kappa shape index (κ2) is 4.86. The molecule has 0 aliphatic carbocycles. The molecule has 0 aromatic carbocycles. The van der Waals surface area contributed by atoms with Crippen molar-refractivity contribution in [2.45, 2.75) is 39.5 Å². The molecule has 2 atom stereocenters. The monoisotopic (exact) mass is 169 g/mol. The van der Waals surface area contributed by atoms with Gasteiger partial charge in [0.15, 0.2) is 0 Å². The first-order valence-electron chi connectivity index (χ1n) is 5.46. The van der Waals surface area contributed by atoms with Gasteiger partial charge in [-0.1, -0.05) is 26.7 Å². The molecular formula is C11H23N. The van der Waals surface area contributed by atoms with Gasteiger partial charge < -0.3 is 4.90 Å². The lowest BCUT2D eigenvalue weighted by molar-refractivity contribution is 0.132. The number of hydrogen-bond acceptors (Lipinski definition) is 1. The summed E-state index contributed by atoms with van der Waals surface area (Å²) < 4.78 is 0. The van der Waals surface area contributed by atoms with Crippen LogP contribution >= 0.6 is 0 Å². The molecule has 1 heteroatoms. The lowest BCUT2D eigenvalue weighted by Crippen LogP contribution is -2.37. The van der Waals surface area contributed by atoms with E-state index in [2.05, 4.69) is 25.8 Å². The summed E-state index contributed by atoms with van der Waals surface area (Å²) in [6, 6.07) is 0. The zero-order valence-corrected chi connectivity index (χ0v) is 8.84. The Bertz CT molecular complexity index is 122. The van der Waals surface area contributed by atoms with Crippen LogP contribution in [-0.4, -0.2) is 25.0 Å². The average Bonchev–Trinajstić information content (AvgIpc) is 2.05. The van der Waals surface area contributed by atoms with Crippen molar-refractivity contribution in [2.75, 3.05) is 20.1 Å². The van der Waals surface area contributed by atoms with Crippen molar-refractivity contribution in [3.8, 4) is 0 Å². The zero-order valence-electron chi connectivity index (χ0n) is 8.84. The highest BCUT2D eigenvalue weighted by molar-refractivity contribution is 4.77. The van der Waals surface area contributed by atoms with Crippen molar-refractivity contribution in [3.63, 3.8) is 0 Å². The summed E-state index contributed by atoms with van der Waals surface area (Å²) >= 11 is 0. The number of hydrogen-bond donors (Lipinski definition) is 0. The third-order valence-corrected chi connectivity index (χ3v) is 3.28. The fourth-order valence-electron chi connectivity index (χ4n) is 2.50. The van der Waals surface area contributed by atoms with E-state index in [1.54, 1.807) is 0 Å². The summed E-state index contributed by atoms with van der Waals surface area (Å²) in [5.41, 5.74) is 0. The Balaban J connectivity index is 2.40.